The third kappa shape index (κ3) is 6.12. The lowest BCUT2D eigenvalue weighted by atomic mass is 10.2. The molecular weight excluding hydrogens is 288 g/mol. The van der Waals surface area contributed by atoms with Crippen LogP contribution in [0.1, 0.15) is 22.3 Å². The Morgan fingerprint density at radius 1 is 1.09 bits per heavy atom. The van der Waals surface area contributed by atoms with Gasteiger partial charge in [-0.25, -0.2) is 0 Å². The predicted molar refractivity (Wildman–Crippen MR) is 92.7 cm³/mol. The minimum absolute atomic E-state index is 0.0430. The number of nitrogens with one attached hydrogen (secondary N) is 1. The van der Waals surface area contributed by atoms with E-state index in [2.05, 4.69) is 22.3 Å². The Bertz CT molecular complexity index is 612. The molecule has 23 heavy (non-hydrogen) atoms. The van der Waals surface area contributed by atoms with Gasteiger partial charge in [0.2, 0.25) is 0 Å². The maximum Gasteiger partial charge on any atom is 0.251 e. The molecule has 0 saturated heterocycles. The van der Waals surface area contributed by atoms with Gasteiger partial charge >= 0.3 is 0 Å². The van der Waals surface area contributed by atoms with Gasteiger partial charge in [0.25, 0.3) is 5.91 Å². The van der Waals surface area contributed by atoms with Crippen LogP contribution in [0, 0.1) is 0 Å². The van der Waals surface area contributed by atoms with Crippen LogP contribution in [0.4, 0.5) is 0 Å². The number of hydrogen-bond acceptors (Lipinski definition) is 3. The second-order valence-corrected chi connectivity index (χ2v) is 5.71. The first-order valence-electron chi connectivity index (χ1n) is 7.85. The molecule has 2 rings (SSSR count). The van der Waals surface area contributed by atoms with Crippen molar-refractivity contribution in [3.05, 3.63) is 65.7 Å². The third-order valence-electron chi connectivity index (χ3n) is 3.31. The quantitative estimate of drug-likeness (QED) is 0.762. The molecule has 0 saturated carbocycles. The Morgan fingerprint density at radius 3 is 2.61 bits per heavy atom. The zero-order chi connectivity index (χ0) is 16.5. The summed E-state index contributed by atoms with van der Waals surface area (Å²) in [5.41, 5.74) is 1.91. The van der Waals surface area contributed by atoms with Gasteiger partial charge in [-0.05, 0) is 50.3 Å². The first-order valence-corrected chi connectivity index (χ1v) is 7.85. The van der Waals surface area contributed by atoms with Crippen LogP contribution in [-0.2, 0) is 6.54 Å². The van der Waals surface area contributed by atoms with Gasteiger partial charge in [-0.15, -0.1) is 0 Å². The van der Waals surface area contributed by atoms with E-state index >= 15 is 0 Å². The molecule has 0 aliphatic carbocycles. The molecule has 1 N–H and O–H groups in total. The van der Waals surface area contributed by atoms with E-state index in [0.717, 1.165) is 18.7 Å². The van der Waals surface area contributed by atoms with Crippen LogP contribution < -0.4 is 10.1 Å². The van der Waals surface area contributed by atoms with Crippen molar-refractivity contribution in [1.82, 2.24) is 10.2 Å². The fourth-order valence-corrected chi connectivity index (χ4v) is 2.25. The Kier molecular flexibility index (Phi) is 6.63. The van der Waals surface area contributed by atoms with E-state index in [0.29, 0.717) is 18.7 Å². The fraction of sp³-hybridized carbons (Fsp3) is 0.316. The number of nitrogens with zero attached hydrogens (tertiary/aromatic N) is 1. The van der Waals surface area contributed by atoms with Gasteiger partial charge < -0.3 is 15.0 Å². The van der Waals surface area contributed by atoms with Crippen LogP contribution in [0.3, 0.4) is 0 Å². The summed E-state index contributed by atoms with van der Waals surface area (Å²) in [6.07, 6.45) is 0.774. The summed E-state index contributed by atoms with van der Waals surface area (Å²) in [6, 6.07) is 17.3. The Morgan fingerprint density at radius 2 is 1.87 bits per heavy atom. The van der Waals surface area contributed by atoms with Gasteiger partial charge in [0.1, 0.15) is 5.75 Å². The van der Waals surface area contributed by atoms with Crippen molar-refractivity contribution < 1.29 is 9.53 Å². The predicted octanol–water partition coefficient (Wildman–Crippen LogP) is 2.95. The van der Waals surface area contributed by atoms with Crippen LogP contribution in [0.25, 0.3) is 0 Å². The highest BCUT2D eigenvalue weighted by molar-refractivity contribution is 5.94. The number of carbonyl (C=O) groups is 1. The Labute approximate surface area is 138 Å². The molecule has 2 aromatic carbocycles. The standard InChI is InChI=1S/C19H24N2O2/c1-21(2)15-16-8-6-11-18(14-16)23-13-7-12-20-19(22)17-9-4-3-5-10-17/h3-6,8-11,14H,7,12-13,15H2,1-2H3,(H,20,22). The van der Waals surface area contributed by atoms with Crippen molar-refractivity contribution in [3.8, 4) is 5.75 Å². The van der Waals surface area contributed by atoms with Crippen LogP contribution in [-0.4, -0.2) is 38.1 Å². The number of ether oxygens (including phenoxy) is 1. The van der Waals surface area contributed by atoms with Crippen LogP contribution in [0.5, 0.6) is 5.75 Å². The lowest BCUT2D eigenvalue weighted by Crippen LogP contribution is -2.25. The summed E-state index contributed by atoms with van der Waals surface area (Å²) in [5.74, 6) is 0.831. The highest BCUT2D eigenvalue weighted by atomic mass is 16.5. The average Bonchev–Trinajstić information content (AvgIpc) is 2.55. The molecule has 0 spiro atoms. The molecule has 0 fully saturated rings. The van der Waals surface area contributed by atoms with Gasteiger partial charge in [0.05, 0.1) is 6.61 Å². The number of benzene rings is 2. The lowest BCUT2D eigenvalue weighted by molar-refractivity contribution is 0.0951. The van der Waals surface area contributed by atoms with Crippen molar-refractivity contribution in [3.63, 3.8) is 0 Å². The van der Waals surface area contributed by atoms with Crippen molar-refractivity contribution in [1.29, 1.82) is 0 Å². The van der Waals surface area contributed by atoms with E-state index < -0.39 is 0 Å². The molecule has 4 nitrogen and oxygen atoms in total. The fourth-order valence-electron chi connectivity index (χ4n) is 2.25. The molecular formula is C19H24N2O2. The van der Waals surface area contributed by atoms with Gasteiger partial charge in [-0.1, -0.05) is 30.3 Å². The van der Waals surface area contributed by atoms with Crippen LogP contribution in [0.15, 0.2) is 54.6 Å². The summed E-state index contributed by atoms with van der Waals surface area (Å²) >= 11 is 0. The molecule has 0 heterocycles. The van der Waals surface area contributed by atoms with Crippen LogP contribution in [0.2, 0.25) is 0 Å². The molecule has 0 bridgehead atoms. The third-order valence-corrected chi connectivity index (χ3v) is 3.31. The van der Waals surface area contributed by atoms with E-state index in [9.17, 15) is 4.79 Å². The molecule has 0 unspecified atom stereocenters. The molecule has 4 heteroatoms. The first-order chi connectivity index (χ1) is 11.1. The van der Waals surface area contributed by atoms with Crippen molar-refractivity contribution in [2.24, 2.45) is 0 Å². The van der Waals surface area contributed by atoms with Gasteiger partial charge in [-0.3, -0.25) is 4.79 Å². The van der Waals surface area contributed by atoms with E-state index in [1.54, 1.807) is 0 Å². The zero-order valence-corrected chi connectivity index (χ0v) is 13.8. The van der Waals surface area contributed by atoms with Crippen molar-refractivity contribution >= 4 is 5.91 Å². The lowest BCUT2D eigenvalue weighted by Gasteiger charge is -2.12. The summed E-state index contributed by atoms with van der Waals surface area (Å²) in [7, 11) is 4.09. The molecule has 0 atom stereocenters. The largest absolute Gasteiger partial charge is 0.494 e. The minimum atomic E-state index is -0.0430. The van der Waals surface area contributed by atoms with Crippen molar-refractivity contribution in [2.45, 2.75) is 13.0 Å². The van der Waals surface area contributed by atoms with Gasteiger partial charge in [0.15, 0.2) is 0 Å². The topological polar surface area (TPSA) is 41.6 Å². The van der Waals surface area contributed by atoms with Crippen molar-refractivity contribution in [2.75, 3.05) is 27.2 Å². The molecule has 0 radical (unpaired) electrons. The smallest absolute Gasteiger partial charge is 0.251 e. The minimum Gasteiger partial charge on any atom is -0.494 e. The Balaban J connectivity index is 1.68. The van der Waals surface area contributed by atoms with E-state index in [-0.39, 0.29) is 5.91 Å². The summed E-state index contributed by atoms with van der Waals surface area (Å²) in [6.45, 7) is 2.08. The van der Waals surface area contributed by atoms with E-state index in [1.165, 1.54) is 5.56 Å². The number of hydrogen-bond donors (Lipinski definition) is 1. The molecule has 1 amide bonds. The highest BCUT2D eigenvalue weighted by Gasteiger charge is 2.03. The van der Waals surface area contributed by atoms with Gasteiger partial charge in [0, 0.05) is 18.7 Å². The molecule has 0 aliphatic rings. The molecule has 0 aromatic heterocycles. The Hall–Kier alpha value is -2.33. The summed E-state index contributed by atoms with van der Waals surface area (Å²) < 4.78 is 5.75. The second kappa shape index (κ2) is 8.96. The number of carbonyl (C=O) groups excluding carboxylic acids is 1. The summed E-state index contributed by atoms with van der Waals surface area (Å²) in [5, 5.41) is 2.90. The monoisotopic (exact) mass is 312 g/mol. The van der Waals surface area contributed by atoms with Crippen LogP contribution >= 0.6 is 0 Å². The second-order valence-electron chi connectivity index (χ2n) is 5.71. The highest BCUT2D eigenvalue weighted by Crippen LogP contribution is 2.14. The first kappa shape index (κ1) is 17.0. The maximum atomic E-state index is 11.9. The van der Waals surface area contributed by atoms with E-state index in [4.69, 9.17) is 4.74 Å². The van der Waals surface area contributed by atoms with Gasteiger partial charge in [-0.2, -0.15) is 0 Å². The van der Waals surface area contributed by atoms with E-state index in [1.807, 2.05) is 56.6 Å². The normalized spacial score (nSPS) is 10.6. The summed E-state index contributed by atoms with van der Waals surface area (Å²) in [4.78, 5) is 14.0. The average molecular weight is 312 g/mol. The number of amides is 1. The SMILES string of the molecule is CN(C)Cc1cccc(OCCCNC(=O)c2ccccc2)c1. The molecule has 0 aliphatic heterocycles. The molecule has 122 valence electrons. The number of rotatable bonds is 8. The molecule has 2 aromatic rings. The zero-order valence-electron chi connectivity index (χ0n) is 13.8. The maximum absolute atomic E-state index is 11.9.